The highest BCUT2D eigenvalue weighted by Gasteiger charge is 2.08. The number of benzene rings is 2. The molecule has 0 saturated heterocycles. The number of anilines is 4. The predicted molar refractivity (Wildman–Crippen MR) is 105 cm³/mol. The Kier molecular flexibility index (Phi) is 5.49. The summed E-state index contributed by atoms with van der Waals surface area (Å²) in [6.45, 7) is 0. The lowest BCUT2D eigenvalue weighted by atomic mass is 10.2. The van der Waals surface area contributed by atoms with E-state index >= 15 is 0 Å². The van der Waals surface area contributed by atoms with Crippen LogP contribution < -0.4 is 15.6 Å². The first kappa shape index (κ1) is 18.8. The molecular weight excluding hydrogens is 365 g/mol. The van der Waals surface area contributed by atoms with E-state index in [1.165, 1.54) is 36.5 Å². The van der Waals surface area contributed by atoms with Crippen molar-refractivity contribution in [3.05, 3.63) is 53.8 Å². The standard InChI is InChI=1S/C18H18FN7O2/c1-26(2)18-23-16(21-13-6-4-12(19)5-7-13)22-17(24-18)25-20-10-11-3-8-14(27)9-15(11)28/h3-10,27-28H,1-2H3,(H2,21,22,23,24,25)/b20-10+. The molecule has 1 aromatic heterocycles. The molecule has 0 fully saturated rings. The third kappa shape index (κ3) is 4.81. The molecule has 10 heteroatoms. The molecule has 3 rings (SSSR count). The van der Waals surface area contributed by atoms with Crippen LogP contribution in [0, 0.1) is 5.82 Å². The van der Waals surface area contributed by atoms with Crippen LogP contribution in [0.2, 0.25) is 0 Å². The molecule has 1 heterocycles. The van der Waals surface area contributed by atoms with Gasteiger partial charge in [-0.3, -0.25) is 0 Å². The van der Waals surface area contributed by atoms with Gasteiger partial charge in [0.05, 0.1) is 6.21 Å². The second kappa shape index (κ2) is 8.16. The van der Waals surface area contributed by atoms with Crippen molar-refractivity contribution in [1.82, 2.24) is 15.0 Å². The van der Waals surface area contributed by atoms with Crippen molar-refractivity contribution in [3.8, 4) is 11.5 Å². The Hall–Kier alpha value is -3.95. The van der Waals surface area contributed by atoms with Crippen molar-refractivity contribution in [2.45, 2.75) is 0 Å². The van der Waals surface area contributed by atoms with Gasteiger partial charge in [-0.05, 0) is 36.4 Å². The minimum absolute atomic E-state index is 0.0489. The van der Waals surface area contributed by atoms with E-state index in [0.717, 1.165) is 0 Å². The fourth-order valence-electron chi connectivity index (χ4n) is 2.13. The Labute approximate surface area is 160 Å². The molecule has 0 aliphatic heterocycles. The van der Waals surface area contributed by atoms with Crippen molar-refractivity contribution in [2.75, 3.05) is 29.7 Å². The van der Waals surface area contributed by atoms with Crippen LogP contribution in [0.4, 0.5) is 27.9 Å². The van der Waals surface area contributed by atoms with Crippen molar-refractivity contribution < 1.29 is 14.6 Å². The SMILES string of the molecule is CN(C)c1nc(N/N=C/c2ccc(O)cc2O)nc(Nc2ccc(F)cc2)n1. The zero-order chi connectivity index (χ0) is 20.1. The number of aromatic hydroxyl groups is 2. The summed E-state index contributed by atoms with van der Waals surface area (Å²) in [5.74, 6) is 0.281. The predicted octanol–water partition coefficient (Wildman–Crippen LogP) is 2.68. The molecule has 28 heavy (non-hydrogen) atoms. The number of phenolic OH excluding ortho intramolecular Hbond substituents is 2. The van der Waals surface area contributed by atoms with E-state index in [9.17, 15) is 14.6 Å². The van der Waals surface area contributed by atoms with Gasteiger partial charge >= 0.3 is 0 Å². The Bertz CT molecular complexity index is 994. The third-order valence-electron chi connectivity index (χ3n) is 3.51. The van der Waals surface area contributed by atoms with Crippen LogP contribution in [0.15, 0.2) is 47.6 Å². The molecule has 3 aromatic rings. The van der Waals surface area contributed by atoms with Gasteiger partial charge in [0.25, 0.3) is 0 Å². The van der Waals surface area contributed by atoms with Gasteiger partial charge in [-0.25, -0.2) is 9.82 Å². The molecule has 0 amide bonds. The molecule has 144 valence electrons. The maximum absolute atomic E-state index is 13.1. The summed E-state index contributed by atoms with van der Waals surface area (Å²) in [5.41, 5.74) is 3.68. The van der Waals surface area contributed by atoms with Gasteiger partial charge < -0.3 is 20.4 Å². The smallest absolute Gasteiger partial charge is 0.250 e. The fourth-order valence-corrected chi connectivity index (χ4v) is 2.13. The van der Waals surface area contributed by atoms with Crippen molar-refractivity contribution in [3.63, 3.8) is 0 Å². The molecule has 0 aliphatic carbocycles. The maximum Gasteiger partial charge on any atom is 0.250 e. The van der Waals surface area contributed by atoms with Crippen LogP contribution in [0.5, 0.6) is 11.5 Å². The van der Waals surface area contributed by atoms with E-state index in [0.29, 0.717) is 17.2 Å². The lowest BCUT2D eigenvalue weighted by molar-refractivity contribution is 0.450. The summed E-state index contributed by atoms with van der Waals surface area (Å²) in [4.78, 5) is 14.4. The van der Waals surface area contributed by atoms with Gasteiger partial charge in [0, 0.05) is 31.4 Å². The number of hydrogen-bond donors (Lipinski definition) is 4. The number of aromatic nitrogens is 3. The number of hydrogen-bond acceptors (Lipinski definition) is 9. The molecule has 0 saturated carbocycles. The molecule has 0 bridgehead atoms. The molecule has 0 spiro atoms. The molecule has 0 radical (unpaired) electrons. The van der Waals surface area contributed by atoms with Gasteiger partial charge in [0.1, 0.15) is 17.3 Å². The van der Waals surface area contributed by atoms with Crippen molar-refractivity contribution in [2.24, 2.45) is 5.10 Å². The van der Waals surface area contributed by atoms with E-state index in [1.807, 2.05) is 0 Å². The average Bonchev–Trinajstić information content (AvgIpc) is 2.65. The molecule has 2 aromatic carbocycles. The van der Waals surface area contributed by atoms with Crippen molar-refractivity contribution in [1.29, 1.82) is 0 Å². The van der Waals surface area contributed by atoms with E-state index in [-0.39, 0.29) is 29.2 Å². The lowest BCUT2D eigenvalue weighted by Crippen LogP contribution is -2.15. The van der Waals surface area contributed by atoms with Crippen LogP contribution in [-0.4, -0.2) is 45.5 Å². The van der Waals surface area contributed by atoms with E-state index in [1.54, 1.807) is 31.1 Å². The summed E-state index contributed by atoms with van der Waals surface area (Å²) < 4.78 is 13.1. The first-order valence-electron chi connectivity index (χ1n) is 8.18. The highest BCUT2D eigenvalue weighted by Crippen LogP contribution is 2.21. The summed E-state index contributed by atoms with van der Waals surface area (Å²) in [6.07, 6.45) is 1.36. The zero-order valence-electron chi connectivity index (χ0n) is 15.1. The van der Waals surface area contributed by atoms with Crippen LogP contribution in [0.3, 0.4) is 0 Å². The summed E-state index contributed by atoms with van der Waals surface area (Å²) in [7, 11) is 3.55. The maximum atomic E-state index is 13.1. The highest BCUT2D eigenvalue weighted by molar-refractivity contribution is 5.84. The molecule has 0 atom stereocenters. The minimum atomic E-state index is -0.343. The first-order valence-corrected chi connectivity index (χ1v) is 8.18. The minimum Gasteiger partial charge on any atom is -0.508 e. The first-order chi connectivity index (χ1) is 13.4. The number of rotatable bonds is 6. The van der Waals surface area contributed by atoms with Crippen LogP contribution in [-0.2, 0) is 0 Å². The van der Waals surface area contributed by atoms with Gasteiger partial charge in [-0.2, -0.15) is 20.1 Å². The number of halogens is 1. The molecule has 4 N–H and O–H groups in total. The van der Waals surface area contributed by atoms with Crippen LogP contribution >= 0.6 is 0 Å². The van der Waals surface area contributed by atoms with Crippen LogP contribution in [0.25, 0.3) is 0 Å². The van der Waals surface area contributed by atoms with Crippen molar-refractivity contribution >= 4 is 29.7 Å². The Morgan fingerprint density at radius 1 is 1.00 bits per heavy atom. The fraction of sp³-hybridized carbons (Fsp3) is 0.111. The second-order valence-electron chi connectivity index (χ2n) is 5.92. The van der Waals surface area contributed by atoms with E-state index in [2.05, 4.69) is 30.8 Å². The highest BCUT2D eigenvalue weighted by atomic mass is 19.1. The Morgan fingerprint density at radius 3 is 2.39 bits per heavy atom. The number of nitrogens with zero attached hydrogens (tertiary/aromatic N) is 5. The largest absolute Gasteiger partial charge is 0.508 e. The normalized spacial score (nSPS) is 10.8. The van der Waals surface area contributed by atoms with Gasteiger partial charge in [0.2, 0.25) is 17.8 Å². The number of nitrogens with one attached hydrogen (secondary N) is 2. The zero-order valence-corrected chi connectivity index (χ0v) is 15.1. The quantitative estimate of drug-likeness (QED) is 0.379. The second-order valence-corrected chi connectivity index (χ2v) is 5.92. The monoisotopic (exact) mass is 383 g/mol. The average molecular weight is 383 g/mol. The number of phenols is 2. The van der Waals surface area contributed by atoms with Gasteiger partial charge in [0.15, 0.2) is 0 Å². The molecule has 9 nitrogen and oxygen atoms in total. The number of hydrazone groups is 1. The van der Waals surface area contributed by atoms with E-state index in [4.69, 9.17) is 0 Å². The molecule has 0 unspecified atom stereocenters. The summed E-state index contributed by atoms with van der Waals surface area (Å²) in [5, 5.41) is 26.1. The molecular formula is C18H18FN7O2. The van der Waals surface area contributed by atoms with Crippen LogP contribution in [0.1, 0.15) is 5.56 Å². The summed E-state index contributed by atoms with van der Waals surface area (Å²) in [6, 6.07) is 9.92. The van der Waals surface area contributed by atoms with Gasteiger partial charge in [-0.1, -0.05) is 0 Å². The summed E-state index contributed by atoms with van der Waals surface area (Å²) >= 11 is 0. The van der Waals surface area contributed by atoms with Gasteiger partial charge in [-0.15, -0.1) is 0 Å². The Morgan fingerprint density at radius 2 is 1.71 bits per heavy atom. The van der Waals surface area contributed by atoms with E-state index < -0.39 is 0 Å². The molecule has 0 aliphatic rings. The third-order valence-corrected chi connectivity index (χ3v) is 3.51. The Balaban J connectivity index is 1.80. The lowest BCUT2D eigenvalue weighted by Gasteiger charge is -2.13. The topological polar surface area (TPSA) is 119 Å².